The van der Waals surface area contributed by atoms with Crippen LogP contribution in [-0.2, 0) is 9.59 Å². The van der Waals surface area contributed by atoms with Crippen molar-refractivity contribution < 1.29 is 19.8 Å². The number of hydrogen-bond acceptors (Lipinski definition) is 2. The van der Waals surface area contributed by atoms with Gasteiger partial charge in [0.25, 0.3) is 0 Å². The van der Waals surface area contributed by atoms with Gasteiger partial charge in [0.1, 0.15) is 0 Å². The van der Waals surface area contributed by atoms with Crippen LogP contribution >= 0.6 is 0 Å². The summed E-state index contributed by atoms with van der Waals surface area (Å²) in [5, 5.41) is 16.1. The Morgan fingerprint density at radius 3 is 1.53 bits per heavy atom. The van der Waals surface area contributed by atoms with Gasteiger partial charge in [-0.05, 0) is 6.42 Å². The molecule has 0 aromatic rings. The van der Waals surface area contributed by atoms with Gasteiger partial charge in [-0.2, -0.15) is 0 Å². The van der Waals surface area contributed by atoms with Crippen molar-refractivity contribution in [2.24, 2.45) is 0 Å². The molecule has 0 saturated carbocycles. The first-order valence-corrected chi connectivity index (χ1v) is 6.48. The molecule has 102 valence electrons. The summed E-state index contributed by atoms with van der Waals surface area (Å²) < 4.78 is 0. The molecular weight excluding hydrogens is 220 g/mol. The Labute approximate surface area is 104 Å². The van der Waals surface area contributed by atoms with Gasteiger partial charge in [0.05, 0.1) is 0 Å². The van der Waals surface area contributed by atoms with Gasteiger partial charge in [-0.25, -0.2) is 0 Å². The Bertz CT molecular complexity index is 190. The molecule has 0 heterocycles. The van der Waals surface area contributed by atoms with Crippen molar-refractivity contribution in [3.05, 3.63) is 0 Å². The maximum absolute atomic E-state index is 10.1. The van der Waals surface area contributed by atoms with Gasteiger partial charge in [0.2, 0.25) is 0 Å². The Balaban J connectivity index is 0. The number of carboxylic acid groups (broad SMARTS) is 2. The average molecular weight is 246 g/mol. The average Bonchev–Trinajstić information content (AvgIpc) is 2.28. The second kappa shape index (κ2) is 14.9. The number of carbonyl (C=O) groups is 2. The largest absolute Gasteiger partial charge is 0.481 e. The van der Waals surface area contributed by atoms with Gasteiger partial charge >= 0.3 is 11.9 Å². The topological polar surface area (TPSA) is 74.6 Å². The zero-order valence-electron chi connectivity index (χ0n) is 11.1. The van der Waals surface area contributed by atoms with Gasteiger partial charge in [0.15, 0.2) is 0 Å². The number of carboxylic acids is 2. The summed E-state index contributed by atoms with van der Waals surface area (Å²) in [6.07, 6.45) is 8.86. The standard InChI is InChI=1S/C10H20O2.C3H6O2/c1-2-3-4-5-6-7-8-9-10(11)12;1-2-3(4)5/h2-9H2,1H3,(H,11,12);2H2,1H3,(H,4,5). The number of rotatable bonds is 9. The summed E-state index contributed by atoms with van der Waals surface area (Å²) >= 11 is 0. The Morgan fingerprint density at radius 1 is 0.765 bits per heavy atom. The monoisotopic (exact) mass is 246 g/mol. The van der Waals surface area contributed by atoms with Crippen LogP contribution in [0.15, 0.2) is 0 Å². The van der Waals surface area contributed by atoms with E-state index in [0.717, 1.165) is 12.8 Å². The number of hydrogen-bond donors (Lipinski definition) is 2. The van der Waals surface area contributed by atoms with Gasteiger partial charge in [-0.3, -0.25) is 9.59 Å². The van der Waals surface area contributed by atoms with E-state index in [9.17, 15) is 9.59 Å². The molecule has 0 aromatic heterocycles. The fraction of sp³-hybridized carbons (Fsp3) is 0.846. The van der Waals surface area contributed by atoms with Crippen LogP contribution in [0.25, 0.3) is 0 Å². The van der Waals surface area contributed by atoms with E-state index < -0.39 is 11.9 Å². The molecule has 0 aliphatic rings. The molecule has 0 aliphatic heterocycles. The third-order valence-electron chi connectivity index (χ3n) is 2.30. The first-order valence-electron chi connectivity index (χ1n) is 6.48. The Kier molecular flexibility index (Phi) is 16.1. The van der Waals surface area contributed by atoms with E-state index in [1.54, 1.807) is 6.92 Å². The molecule has 0 aromatic carbocycles. The van der Waals surface area contributed by atoms with Crippen molar-refractivity contribution in [1.82, 2.24) is 0 Å². The molecule has 0 aliphatic carbocycles. The van der Waals surface area contributed by atoms with Gasteiger partial charge in [-0.15, -0.1) is 0 Å². The van der Waals surface area contributed by atoms with Crippen LogP contribution in [-0.4, -0.2) is 22.2 Å². The maximum Gasteiger partial charge on any atom is 0.303 e. The lowest BCUT2D eigenvalue weighted by molar-refractivity contribution is -0.137. The second-order valence-electron chi connectivity index (χ2n) is 4.01. The van der Waals surface area contributed by atoms with Gasteiger partial charge in [0, 0.05) is 12.8 Å². The highest BCUT2D eigenvalue weighted by molar-refractivity contribution is 5.66. The lowest BCUT2D eigenvalue weighted by Crippen LogP contribution is -1.93. The van der Waals surface area contributed by atoms with E-state index in [0.29, 0.717) is 6.42 Å². The Morgan fingerprint density at radius 2 is 1.18 bits per heavy atom. The Hall–Kier alpha value is -1.06. The maximum atomic E-state index is 10.1. The molecule has 0 radical (unpaired) electrons. The molecule has 17 heavy (non-hydrogen) atoms. The molecule has 4 heteroatoms. The van der Waals surface area contributed by atoms with Crippen molar-refractivity contribution in [2.75, 3.05) is 0 Å². The van der Waals surface area contributed by atoms with E-state index in [1.807, 2.05) is 0 Å². The zero-order chi connectivity index (χ0) is 13.5. The molecule has 0 saturated heterocycles. The van der Waals surface area contributed by atoms with E-state index >= 15 is 0 Å². The van der Waals surface area contributed by atoms with Crippen molar-refractivity contribution in [2.45, 2.75) is 71.6 Å². The summed E-state index contributed by atoms with van der Waals surface area (Å²) in [6, 6.07) is 0. The molecule has 2 N–H and O–H groups in total. The predicted octanol–water partition coefficient (Wildman–Crippen LogP) is 3.69. The predicted molar refractivity (Wildman–Crippen MR) is 68.2 cm³/mol. The highest BCUT2D eigenvalue weighted by Gasteiger charge is 1.95. The summed E-state index contributed by atoms with van der Waals surface area (Å²) in [7, 11) is 0. The summed E-state index contributed by atoms with van der Waals surface area (Å²) in [4.78, 5) is 19.5. The van der Waals surface area contributed by atoms with Crippen LogP contribution in [0.3, 0.4) is 0 Å². The lowest BCUT2D eigenvalue weighted by atomic mass is 10.1. The highest BCUT2D eigenvalue weighted by Crippen LogP contribution is 2.07. The normalized spacial score (nSPS) is 9.29. The SMILES string of the molecule is CCC(=O)O.CCCCCCCCCC(=O)O. The fourth-order valence-corrected chi connectivity index (χ4v) is 1.23. The van der Waals surface area contributed by atoms with E-state index in [1.165, 1.54) is 32.1 Å². The van der Waals surface area contributed by atoms with Gasteiger partial charge in [-0.1, -0.05) is 52.4 Å². The van der Waals surface area contributed by atoms with Crippen LogP contribution in [0.1, 0.15) is 71.6 Å². The lowest BCUT2D eigenvalue weighted by Gasteiger charge is -1.98. The highest BCUT2D eigenvalue weighted by atomic mass is 16.4. The van der Waals surface area contributed by atoms with E-state index in [2.05, 4.69) is 6.92 Å². The van der Waals surface area contributed by atoms with Crippen LogP contribution < -0.4 is 0 Å². The molecule has 0 fully saturated rings. The smallest absolute Gasteiger partial charge is 0.303 e. The molecule has 4 nitrogen and oxygen atoms in total. The van der Waals surface area contributed by atoms with E-state index in [-0.39, 0.29) is 6.42 Å². The quantitative estimate of drug-likeness (QED) is 0.608. The van der Waals surface area contributed by atoms with E-state index in [4.69, 9.17) is 10.2 Å². The van der Waals surface area contributed by atoms with Crippen LogP contribution in [0.5, 0.6) is 0 Å². The van der Waals surface area contributed by atoms with Crippen LogP contribution in [0.4, 0.5) is 0 Å². The molecule has 0 unspecified atom stereocenters. The summed E-state index contributed by atoms with van der Waals surface area (Å²) in [6.45, 7) is 3.80. The third kappa shape index (κ3) is 25.3. The summed E-state index contributed by atoms with van der Waals surface area (Å²) in [5.74, 6) is -1.41. The molecule has 0 atom stereocenters. The number of unbranched alkanes of at least 4 members (excludes halogenated alkanes) is 6. The fourth-order valence-electron chi connectivity index (χ4n) is 1.23. The van der Waals surface area contributed by atoms with Crippen molar-refractivity contribution in [1.29, 1.82) is 0 Å². The van der Waals surface area contributed by atoms with Gasteiger partial charge < -0.3 is 10.2 Å². The van der Waals surface area contributed by atoms with Crippen LogP contribution in [0.2, 0.25) is 0 Å². The molecule has 0 bridgehead atoms. The molecular formula is C13H26O4. The van der Waals surface area contributed by atoms with Crippen LogP contribution in [0, 0.1) is 0 Å². The molecule has 0 amide bonds. The third-order valence-corrected chi connectivity index (χ3v) is 2.30. The summed E-state index contributed by atoms with van der Waals surface area (Å²) in [5.41, 5.74) is 0. The second-order valence-corrected chi connectivity index (χ2v) is 4.01. The van der Waals surface area contributed by atoms with Crippen molar-refractivity contribution in [3.63, 3.8) is 0 Å². The first-order chi connectivity index (χ1) is 8.04. The number of aliphatic carboxylic acids is 2. The molecule has 0 spiro atoms. The minimum Gasteiger partial charge on any atom is -0.481 e. The minimum atomic E-state index is -0.745. The first kappa shape index (κ1) is 18.3. The van der Waals surface area contributed by atoms with Crippen molar-refractivity contribution >= 4 is 11.9 Å². The molecule has 0 rings (SSSR count). The zero-order valence-corrected chi connectivity index (χ0v) is 11.1. The van der Waals surface area contributed by atoms with Crippen molar-refractivity contribution in [3.8, 4) is 0 Å². The minimum absolute atomic E-state index is 0.222.